The first-order chi connectivity index (χ1) is 17.8. The summed E-state index contributed by atoms with van der Waals surface area (Å²) in [6.45, 7) is 0. The van der Waals surface area contributed by atoms with Crippen LogP contribution in [0, 0.1) is 0 Å². The molecular weight excluding hydrogens is 466 g/mol. The Morgan fingerprint density at radius 3 is 2.14 bits per heavy atom. The van der Waals surface area contributed by atoms with Gasteiger partial charge in [-0.15, -0.1) is 10.2 Å². The summed E-state index contributed by atoms with van der Waals surface area (Å²) in [5, 5.41) is 17.4. The van der Waals surface area contributed by atoms with Gasteiger partial charge in [0.1, 0.15) is 0 Å². The predicted molar refractivity (Wildman–Crippen MR) is 144 cm³/mol. The largest absolute Gasteiger partial charge is 0.321 e. The number of rotatable bonds is 5. The van der Waals surface area contributed by atoms with Crippen LogP contribution in [-0.4, -0.2) is 32.2 Å². The van der Waals surface area contributed by atoms with Crippen LogP contribution in [0.2, 0.25) is 0 Å². The highest BCUT2D eigenvalue weighted by Gasteiger charge is 2.23. The SMILES string of the molecule is O=C(Nc1ccccc1-c1nnc2n1N=C(c1ccc(-c3ccccc3)cc1)CS2)c1ccccc1. The minimum absolute atomic E-state index is 0.182. The smallest absolute Gasteiger partial charge is 0.255 e. The Hall–Kier alpha value is -4.49. The van der Waals surface area contributed by atoms with Crippen LogP contribution in [0.4, 0.5) is 5.69 Å². The van der Waals surface area contributed by atoms with Crippen LogP contribution in [0.15, 0.2) is 119 Å². The number of nitrogens with one attached hydrogen (secondary N) is 1. The first-order valence-corrected chi connectivity index (χ1v) is 12.5. The second kappa shape index (κ2) is 9.64. The fraction of sp³-hybridized carbons (Fsp3) is 0.0345. The lowest BCUT2D eigenvalue weighted by Gasteiger charge is -2.15. The van der Waals surface area contributed by atoms with Crippen LogP contribution in [0.1, 0.15) is 15.9 Å². The molecule has 0 spiro atoms. The Morgan fingerprint density at radius 1 is 0.722 bits per heavy atom. The molecule has 36 heavy (non-hydrogen) atoms. The molecule has 7 heteroatoms. The summed E-state index contributed by atoms with van der Waals surface area (Å²) in [6.07, 6.45) is 0. The highest BCUT2D eigenvalue weighted by Crippen LogP contribution is 2.32. The molecule has 1 amide bonds. The van der Waals surface area contributed by atoms with Crippen molar-refractivity contribution in [3.05, 3.63) is 120 Å². The number of anilines is 1. The molecular formula is C29H21N5OS. The third-order valence-electron chi connectivity index (χ3n) is 5.95. The third-order valence-corrected chi connectivity index (χ3v) is 6.88. The van der Waals surface area contributed by atoms with Crippen LogP contribution < -0.4 is 5.32 Å². The van der Waals surface area contributed by atoms with Crippen molar-refractivity contribution in [2.24, 2.45) is 5.10 Å². The van der Waals surface area contributed by atoms with Gasteiger partial charge in [-0.05, 0) is 41.0 Å². The van der Waals surface area contributed by atoms with Gasteiger partial charge in [-0.1, -0.05) is 96.7 Å². The van der Waals surface area contributed by atoms with Gasteiger partial charge in [-0.25, -0.2) is 0 Å². The molecule has 0 saturated carbocycles. The average Bonchev–Trinajstić information content (AvgIpc) is 3.37. The number of benzene rings is 4. The summed E-state index contributed by atoms with van der Waals surface area (Å²) in [4.78, 5) is 12.8. The Kier molecular flexibility index (Phi) is 5.89. The van der Waals surface area contributed by atoms with E-state index in [2.05, 4.69) is 51.9 Å². The van der Waals surface area contributed by atoms with Gasteiger partial charge in [0, 0.05) is 16.9 Å². The van der Waals surface area contributed by atoms with Crippen molar-refractivity contribution in [1.29, 1.82) is 0 Å². The Morgan fingerprint density at radius 2 is 1.36 bits per heavy atom. The van der Waals surface area contributed by atoms with E-state index in [4.69, 9.17) is 5.10 Å². The van der Waals surface area contributed by atoms with Gasteiger partial charge < -0.3 is 5.32 Å². The molecule has 174 valence electrons. The number of thioether (sulfide) groups is 1. The fourth-order valence-corrected chi connectivity index (χ4v) is 4.93. The van der Waals surface area contributed by atoms with Crippen molar-refractivity contribution in [2.45, 2.75) is 5.16 Å². The molecule has 0 bridgehead atoms. The molecule has 1 aliphatic heterocycles. The molecule has 0 fully saturated rings. The summed E-state index contributed by atoms with van der Waals surface area (Å²) in [7, 11) is 0. The van der Waals surface area contributed by atoms with Crippen molar-refractivity contribution in [1.82, 2.24) is 14.9 Å². The maximum Gasteiger partial charge on any atom is 0.255 e. The summed E-state index contributed by atoms with van der Waals surface area (Å²) >= 11 is 1.60. The molecule has 4 aromatic carbocycles. The monoisotopic (exact) mass is 487 g/mol. The molecule has 0 atom stereocenters. The van der Waals surface area contributed by atoms with Crippen LogP contribution in [0.25, 0.3) is 22.5 Å². The lowest BCUT2D eigenvalue weighted by atomic mass is 10.0. The lowest BCUT2D eigenvalue weighted by molar-refractivity contribution is 0.102. The van der Waals surface area contributed by atoms with E-state index in [-0.39, 0.29) is 5.91 Å². The normalized spacial score (nSPS) is 12.5. The molecule has 6 rings (SSSR count). The van der Waals surface area contributed by atoms with E-state index in [9.17, 15) is 4.79 Å². The molecule has 1 aliphatic rings. The Labute approximate surface area is 212 Å². The van der Waals surface area contributed by atoms with Crippen LogP contribution >= 0.6 is 11.8 Å². The van der Waals surface area contributed by atoms with Gasteiger partial charge in [0.15, 0.2) is 5.82 Å². The van der Waals surface area contributed by atoms with Crippen molar-refractivity contribution >= 4 is 29.1 Å². The zero-order valence-corrected chi connectivity index (χ0v) is 20.0. The van der Waals surface area contributed by atoms with Crippen LogP contribution in [-0.2, 0) is 0 Å². The Balaban J connectivity index is 1.32. The van der Waals surface area contributed by atoms with Gasteiger partial charge in [-0.3, -0.25) is 4.79 Å². The van der Waals surface area contributed by atoms with E-state index in [1.54, 1.807) is 28.6 Å². The maximum absolute atomic E-state index is 12.8. The lowest BCUT2D eigenvalue weighted by Crippen LogP contribution is -2.15. The van der Waals surface area contributed by atoms with Crippen LogP contribution in [0.5, 0.6) is 0 Å². The summed E-state index contributed by atoms with van der Waals surface area (Å²) < 4.78 is 1.77. The van der Waals surface area contributed by atoms with Crippen molar-refractivity contribution in [3.8, 4) is 22.5 Å². The van der Waals surface area contributed by atoms with Crippen LogP contribution in [0.3, 0.4) is 0 Å². The number of hydrogen-bond donors (Lipinski definition) is 1. The van der Waals surface area contributed by atoms with E-state index < -0.39 is 0 Å². The third kappa shape index (κ3) is 4.32. The fourth-order valence-electron chi connectivity index (χ4n) is 4.09. The Bertz CT molecular complexity index is 1560. The number of carbonyl (C=O) groups is 1. The first kappa shape index (κ1) is 22.0. The van der Waals surface area contributed by atoms with Gasteiger partial charge >= 0.3 is 0 Å². The zero-order valence-electron chi connectivity index (χ0n) is 19.2. The molecule has 2 heterocycles. The molecule has 0 unspecified atom stereocenters. The number of hydrogen-bond acceptors (Lipinski definition) is 5. The summed E-state index contributed by atoms with van der Waals surface area (Å²) in [6, 6.07) is 35.5. The standard InChI is InChI=1S/C29H21N5OS/c35-28(23-11-5-2-6-12-23)30-25-14-8-7-13-24(25)27-31-32-29-34(27)33-26(19-36-29)22-17-15-21(16-18-22)20-9-3-1-4-10-20/h1-18H,19H2,(H,30,35). The molecule has 0 aliphatic carbocycles. The number of aromatic nitrogens is 3. The number of amides is 1. The van der Waals surface area contributed by atoms with Gasteiger partial charge in [0.2, 0.25) is 5.16 Å². The second-order valence-corrected chi connectivity index (χ2v) is 9.20. The molecule has 0 saturated heterocycles. The second-order valence-electron chi connectivity index (χ2n) is 8.26. The van der Waals surface area contributed by atoms with E-state index >= 15 is 0 Å². The highest BCUT2D eigenvalue weighted by atomic mass is 32.2. The number of fused-ring (bicyclic) bond motifs is 1. The van der Waals surface area contributed by atoms with E-state index in [1.807, 2.05) is 60.7 Å². The quantitative estimate of drug-likeness (QED) is 0.319. The van der Waals surface area contributed by atoms with E-state index in [0.717, 1.165) is 27.6 Å². The van der Waals surface area contributed by atoms with E-state index in [1.165, 1.54) is 5.56 Å². The van der Waals surface area contributed by atoms with Crippen molar-refractivity contribution in [3.63, 3.8) is 0 Å². The molecule has 5 aromatic rings. The van der Waals surface area contributed by atoms with Crippen molar-refractivity contribution in [2.75, 3.05) is 11.1 Å². The maximum atomic E-state index is 12.8. The van der Waals surface area contributed by atoms with Gasteiger partial charge in [0.05, 0.1) is 11.4 Å². The summed E-state index contributed by atoms with van der Waals surface area (Å²) in [5.41, 5.74) is 6.34. The minimum Gasteiger partial charge on any atom is -0.321 e. The molecule has 1 N–H and O–H groups in total. The summed E-state index contributed by atoms with van der Waals surface area (Å²) in [5.74, 6) is 1.10. The molecule has 6 nitrogen and oxygen atoms in total. The first-order valence-electron chi connectivity index (χ1n) is 11.5. The molecule has 0 radical (unpaired) electrons. The topological polar surface area (TPSA) is 72.2 Å². The highest BCUT2D eigenvalue weighted by molar-refractivity contribution is 7.99. The van der Waals surface area contributed by atoms with Crippen molar-refractivity contribution < 1.29 is 4.79 Å². The number of para-hydroxylation sites is 1. The zero-order chi connectivity index (χ0) is 24.3. The van der Waals surface area contributed by atoms with Gasteiger partial charge in [-0.2, -0.15) is 9.78 Å². The minimum atomic E-state index is -0.182. The number of carbonyl (C=O) groups excluding carboxylic acids is 1. The average molecular weight is 488 g/mol. The van der Waals surface area contributed by atoms with Gasteiger partial charge in [0.25, 0.3) is 5.91 Å². The predicted octanol–water partition coefficient (Wildman–Crippen LogP) is 6.22. The van der Waals surface area contributed by atoms with E-state index in [0.29, 0.717) is 22.8 Å². The molecule has 1 aromatic heterocycles. The number of nitrogens with zero attached hydrogens (tertiary/aromatic N) is 4.